The van der Waals surface area contributed by atoms with E-state index in [1.165, 1.54) is 18.2 Å². The second-order valence-electron chi connectivity index (χ2n) is 6.28. The zero-order valence-corrected chi connectivity index (χ0v) is 15.3. The number of nitrogens with zero attached hydrogens (tertiary/aromatic N) is 1. The largest absolute Gasteiger partial charge is 0.573 e. The highest BCUT2D eigenvalue weighted by atomic mass is 19.4. The van der Waals surface area contributed by atoms with Gasteiger partial charge in [-0.05, 0) is 54.4 Å². The van der Waals surface area contributed by atoms with Gasteiger partial charge in [-0.2, -0.15) is 0 Å². The number of halogens is 3. The van der Waals surface area contributed by atoms with E-state index < -0.39 is 6.36 Å². The van der Waals surface area contributed by atoms with Crippen molar-refractivity contribution in [2.75, 3.05) is 11.9 Å². The molecule has 0 spiro atoms. The van der Waals surface area contributed by atoms with Crippen molar-refractivity contribution in [3.05, 3.63) is 59.2 Å². The summed E-state index contributed by atoms with van der Waals surface area (Å²) in [6.07, 6.45) is -4.76. The monoisotopic (exact) mass is 406 g/mol. The van der Waals surface area contributed by atoms with Gasteiger partial charge >= 0.3 is 6.36 Å². The second kappa shape index (κ2) is 8.21. The van der Waals surface area contributed by atoms with Crippen molar-refractivity contribution in [2.24, 2.45) is 4.99 Å². The average Bonchev–Trinajstić information content (AvgIpc) is 2.64. The van der Waals surface area contributed by atoms with Crippen molar-refractivity contribution < 1.29 is 27.5 Å². The zero-order valence-electron chi connectivity index (χ0n) is 15.3. The molecule has 0 aromatic heterocycles. The third kappa shape index (κ3) is 5.71. The van der Waals surface area contributed by atoms with Crippen LogP contribution in [0, 0.1) is 6.92 Å². The summed E-state index contributed by atoms with van der Waals surface area (Å²) in [5.41, 5.74) is 7.54. The standard InChI is InChI=1S/C19H17F3N4O3/c1-11-8-15(29-19(20,21)22)7-4-13(11)9-16(27)24-14-5-2-12(3-6-14)18-23-10-17(28)25-26-18/h2-8H,9-10H2,1H3,(H,23,26)(H,24,27)(H,25,28). The topological polar surface area (TPSA) is 91.8 Å². The lowest BCUT2D eigenvalue weighted by Crippen LogP contribution is -2.47. The van der Waals surface area contributed by atoms with Crippen LogP contribution in [0.15, 0.2) is 47.5 Å². The number of carbonyl (C=O) groups is 2. The lowest BCUT2D eigenvalue weighted by Gasteiger charge is -2.16. The van der Waals surface area contributed by atoms with Gasteiger partial charge in [-0.15, -0.1) is 13.2 Å². The fraction of sp³-hybridized carbons (Fsp3) is 0.211. The molecular weight excluding hydrogens is 389 g/mol. The molecule has 0 atom stereocenters. The SMILES string of the molecule is Cc1cc(OC(F)(F)F)ccc1CC(=O)Nc1ccc(C2=NCC(=O)NN2)cc1. The molecule has 29 heavy (non-hydrogen) atoms. The van der Waals surface area contributed by atoms with Gasteiger partial charge in [0.1, 0.15) is 18.1 Å². The van der Waals surface area contributed by atoms with Crippen LogP contribution in [0.3, 0.4) is 0 Å². The fourth-order valence-electron chi connectivity index (χ4n) is 2.68. The number of nitrogens with one attached hydrogen (secondary N) is 3. The number of amidine groups is 1. The van der Waals surface area contributed by atoms with Crippen LogP contribution in [0.2, 0.25) is 0 Å². The molecule has 0 unspecified atom stereocenters. The van der Waals surface area contributed by atoms with E-state index in [0.29, 0.717) is 22.6 Å². The maximum Gasteiger partial charge on any atom is 0.573 e. The van der Waals surface area contributed by atoms with Crippen molar-refractivity contribution in [1.82, 2.24) is 10.9 Å². The smallest absolute Gasteiger partial charge is 0.406 e. The quantitative estimate of drug-likeness (QED) is 0.711. The number of ether oxygens (including phenoxy) is 1. The van der Waals surface area contributed by atoms with Gasteiger partial charge in [-0.25, -0.2) is 0 Å². The van der Waals surface area contributed by atoms with Gasteiger partial charge in [-0.1, -0.05) is 6.07 Å². The Labute approximate surface area is 163 Å². The Balaban J connectivity index is 1.60. The first-order chi connectivity index (χ1) is 13.7. The summed E-state index contributed by atoms with van der Waals surface area (Å²) < 4.78 is 40.7. The number of hydrogen-bond donors (Lipinski definition) is 3. The number of hydrazine groups is 1. The number of aryl methyl sites for hydroxylation is 1. The molecule has 0 aliphatic carbocycles. The predicted molar refractivity (Wildman–Crippen MR) is 99.3 cm³/mol. The number of amides is 2. The molecule has 0 saturated heterocycles. The number of alkyl halides is 3. The second-order valence-corrected chi connectivity index (χ2v) is 6.28. The molecule has 2 aromatic rings. The summed E-state index contributed by atoms with van der Waals surface area (Å²) in [4.78, 5) is 27.4. The van der Waals surface area contributed by atoms with E-state index in [0.717, 1.165) is 5.56 Å². The number of aliphatic imine (C=N–C) groups is 1. The van der Waals surface area contributed by atoms with Gasteiger partial charge < -0.3 is 10.1 Å². The summed E-state index contributed by atoms with van der Waals surface area (Å²) >= 11 is 0. The Bertz CT molecular complexity index is 956. The number of hydrogen-bond acceptors (Lipinski definition) is 5. The third-order valence-corrected chi connectivity index (χ3v) is 4.04. The van der Waals surface area contributed by atoms with Crippen molar-refractivity contribution in [2.45, 2.75) is 19.7 Å². The maximum absolute atomic E-state index is 12.3. The Morgan fingerprint density at radius 1 is 1.17 bits per heavy atom. The van der Waals surface area contributed by atoms with E-state index in [1.807, 2.05) is 0 Å². The molecule has 1 aliphatic rings. The van der Waals surface area contributed by atoms with E-state index in [2.05, 4.69) is 25.9 Å². The molecule has 3 rings (SSSR count). The molecule has 7 nitrogen and oxygen atoms in total. The van der Waals surface area contributed by atoms with Crippen molar-refractivity contribution >= 4 is 23.3 Å². The first-order valence-corrected chi connectivity index (χ1v) is 8.54. The van der Waals surface area contributed by atoms with E-state index in [9.17, 15) is 22.8 Å². The number of anilines is 1. The summed E-state index contributed by atoms with van der Waals surface area (Å²) in [7, 11) is 0. The molecule has 152 valence electrons. The molecule has 0 saturated carbocycles. The molecule has 1 aliphatic heterocycles. The van der Waals surface area contributed by atoms with Crippen LogP contribution in [0.25, 0.3) is 0 Å². The lowest BCUT2D eigenvalue weighted by molar-refractivity contribution is -0.274. The minimum Gasteiger partial charge on any atom is -0.406 e. The molecule has 10 heteroatoms. The van der Waals surface area contributed by atoms with Crippen molar-refractivity contribution in [3.8, 4) is 5.75 Å². The molecule has 2 amide bonds. The Morgan fingerprint density at radius 3 is 2.48 bits per heavy atom. The van der Waals surface area contributed by atoms with Crippen LogP contribution in [-0.2, 0) is 16.0 Å². The molecule has 0 fully saturated rings. The highest BCUT2D eigenvalue weighted by Crippen LogP contribution is 2.25. The van der Waals surface area contributed by atoms with Crippen LogP contribution < -0.4 is 20.9 Å². The summed E-state index contributed by atoms with van der Waals surface area (Å²) in [5, 5.41) is 2.73. The minimum absolute atomic E-state index is 0.000177. The van der Waals surface area contributed by atoms with Crippen LogP contribution in [0.5, 0.6) is 5.75 Å². The molecule has 3 N–H and O–H groups in total. The van der Waals surface area contributed by atoms with E-state index in [4.69, 9.17) is 0 Å². The summed E-state index contributed by atoms with van der Waals surface area (Å²) in [6.45, 7) is 1.64. The zero-order chi connectivity index (χ0) is 21.0. The van der Waals surface area contributed by atoms with Gasteiger partial charge in [0.05, 0.1) is 6.42 Å². The molecule has 1 heterocycles. The maximum atomic E-state index is 12.3. The average molecular weight is 406 g/mol. The Morgan fingerprint density at radius 2 is 1.90 bits per heavy atom. The van der Waals surface area contributed by atoms with Gasteiger partial charge in [0.15, 0.2) is 0 Å². The van der Waals surface area contributed by atoms with Gasteiger partial charge in [-0.3, -0.25) is 25.4 Å². The number of benzene rings is 2. The Kier molecular flexibility index (Phi) is 5.71. The summed E-state index contributed by atoms with van der Waals surface area (Å²) in [6, 6.07) is 10.7. The van der Waals surface area contributed by atoms with E-state index in [-0.39, 0.29) is 30.5 Å². The van der Waals surface area contributed by atoms with E-state index in [1.54, 1.807) is 31.2 Å². The molecule has 2 aromatic carbocycles. The summed E-state index contributed by atoms with van der Waals surface area (Å²) in [5.74, 6) is -0.360. The van der Waals surface area contributed by atoms with Gasteiger partial charge in [0, 0.05) is 11.3 Å². The highest BCUT2D eigenvalue weighted by Gasteiger charge is 2.31. The fourth-order valence-corrected chi connectivity index (χ4v) is 2.68. The minimum atomic E-state index is -4.76. The van der Waals surface area contributed by atoms with Crippen molar-refractivity contribution in [1.29, 1.82) is 0 Å². The van der Waals surface area contributed by atoms with Crippen LogP contribution >= 0.6 is 0 Å². The van der Waals surface area contributed by atoms with Crippen LogP contribution in [0.4, 0.5) is 18.9 Å². The first kappa shape index (κ1) is 20.2. The van der Waals surface area contributed by atoms with Crippen molar-refractivity contribution in [3.63, 3.8) is 0 Å². The molecule has 0 radical (unpaired) electrons. The molecular formula is C19H17F3N4O3. The Hall–Kier alpha value is -3.56. The number of carbonyl (C=O) groups excluding carboxylic acids is 2. The number of rotatable bonds is 5. The highest BCUT2D eigenvalue weighted by molar-refractivity contribution is 6.03. The predicted octanol–water partition coefficient (Wildman–Crippen LogP) is 2.46. The lowest BCUT2D eigenvalue weighted by atomic mass is 10.0. The van der Waals surface area contributed by atoms with Crippen LogP contribution in [-0.4, -0.2) is 30.6 Å². The third-order valence-electron chi connectivity index (χ3n) is 4.04. The van der Waals surface area contributed by atoms with Gasteiger partial charge in [0.2, 0.25) is 5.91 Å². The first-order valence-electron chi connectivity index (χ1n) is 8.54. The van der Waals surface area contributed by atoms with Gasteiger partial charge in [0.25, 0.3) is 5.91 Å². The van der Waals surface area contributed by atoms with Crippen LogP contribution in [0.1, 0.15) is 16.7 Å². The molecule has 0 bridgehead atoms. The normalized spacial score (nSPS) is 13.8. The van der Waals surface area contributed by atoms with E-state index >= 15 is 0 Å².